The highest BCUT2D eigenvalue weighted by Crippen LogP contribution is 2.27. The van der Waals surface area contributed by atoms with Crippen molar-refractivity contribution in [1.82, 2.24) is 10.9 Å². The summed E-state index contributed by atoms with van der Waals surface area (Å²) in [5.41, 5.74) is 4.99. The van der Waals surface area contributed by atoms with Crippen LogP contribution in [0.2, 0.25) is 5.02 Å². The minimum Gasteiger partial charge on any atom is -0.491 e. The van der Waals surface area contributed by atoms with Crippen LogP contribution in [0.15, 0.2) is 46.9 Å². The molecule has 9 heteroatoms. The lowest BCUT2D eigenvalue weighted by Crippen LogP contribution is -2.43. The van der Waals surface area contributed by atoms with Gasteiger partial charge in [-0.3, -0.25) is 20.4 Å². The van der Waals surface area contributed by atoms with Crippen LogP contribution in [0.4, 0.5) is 0 Å². The minimum atomic E-state index is -0.508. The van der Waals surface area contributed by atoms with Crippen LogP contribution < -0.4 is 20.3 Å². The van der Waals surface area contributed by atoms with Crippen LogP contribution >= 0.6 is 27.5 Å². The lowest BCUT2D eigenvalue weighted by molar-refractivity contribution is -0.123. The van der Waals surface area contributed by atoms with Crippen molar-refractivity contribution in [2.75, 3.05) is 26.4 Å². The molecule has 2 aromatic rings. The second-order valence-electron chi connectivity index (χ2n) is 5.44. The van der Waals surface area contributed by atoms with E-state index >= 15 is 0 Å². The number of ether oxygens (including phenoxy) is 3. The molecule has 0 fully saturated rings. The number of benzene rings is 2. The Morgan fingerprint density at radius 3 is 2.46 bits per heavy atom. The zero-order chi connectivity index (χ0) is 20.4. The Hall–Kier alpha value is -2.29. The van der Waals surface area contributed by atoms with Gasteiger partial charge in [-0.2, -0.15) is 0 Å². The molecule has 0 heterocycles. The quantitative estimate of drug-likeness (QED) is 0.433. The van der Waals surface area contributed by atoms with E-state index in [0.29, 0.717) is 46.4 Å². The molecule has 2 rings (SSSR count). The topological polar surface area (TPSA) is 85.9 Å². The molecular weight excluding hydrogens is 452 g/mol. The molecule has 0 aliphatic carbocycles. The summed E-state index contributed by atoms with van der Waals surface area (Å²) >= 11 is 9.14. The predicted octanol–water partition coefficient (Wildman–Crippen LogP) is 3.36. The molecule has 2 aromatic carbocycles. The van der Waals surface area contributed by atoms with Gasteiger partial charge in [0.25, 0.3) is 11.8 Å². The summed E-state index contributed by atoms with van der Waals surface area (Å²) in [5, 5.41) is 0.543. The van der Waals surface area contributed by atoms with Gasteiger partial charge >= 0.3 is 0 Å². The van der Waals surface area contributed by atoms with Gasteiger partial charge in [-0.15, -0.1) is 0 Å². The summed E-state index contributed by atoms with van der Waals surface area (Å²) in [4.78, 5) is 23.9. The molecule has 0 saturated heterocycles. The number of hydrogen-bond donors (Lipinski definition) is 2. The molecule has 0 saturated carbocycles. The SMILES string of the molecule is CCOCCOc1ccc(C(=O)NNC(=O)COc2ccc(Cl)cc2Br)cc1. The van der Waals surface area contributed by atoms with Crippen LogP contribution in [0, 0.1) is 0 Å². The zero-order valence-corrected chi connectivity index (χ0v) is 17.5. The number of carbonyl (C=O) groups is 2. The molecule has 0 aliphatic heterocycles. The molecule has 150 valence electrons. The third-order valence-electron chi connectivity index (χ3n) is 3.39. The first-order valence-electron chi connectivity index (χ1n) is 8.47. The van der Waals surface area contributed by atoms with E-state index in [2.05, 4.69) is 26.8 Å². The number of amides is 2. The molecule has 0 unspecified atom stereocenters. The van der Waals surface area contributed by atoms with Crippen LogP contribution in [0.25, 0.3) is 0 Å². The lowest BCUT2D eigenvalue weighted by Gasteiger charge is -2.10. The monoisotopic (exact) mass is 470 g/mol. The molecule has 7 nitrogen and oxygen atoms in total. The van der Waals surface area contributed by atoms with Gasteiger partial charge in [-0.25, -0.2) is 0 Å². The van der Waals surface area contributed by atoms with Crippen LogP contribution in [0.5, 0.6) is 11.5 Å². The van der Waals surface area contributed by atoms with Crippen molar-refractivity contribution < 1.29 is 23.8 Å². The first-order valence-corrected chi connectivity index (χ1v) is 9.64. The highest BCUT2D eigenvalue weighted by molar-refractivity contribution is 9.10. The average molecular weight is 472 g/mol. The number of hydrogen-bond acceptors (Lipinski definition) is 5. The molecule has 0 spiro atoms. The number of hydrazine groups is 1. The lowest BCUT2D eigenvalue weighted by atomic mass is 10.2. The molecule has 2 amide bonds. The fourth-order valence-corrected chi connectivity index (χ4v) is 2.83. The largest absolute Gasteiger partial charge is 0.491 e. The van der Waals surface area contributed by atoms with Gasteiger partial charge < -0.3 is 14.2 Å². The van der Waals surface area contributed by atoms with Crippen molar-refractivity contribution >= 4 is 39.3 Å². The molecule has 28 heavy (non-hydrogen) atoms. The van der Waals surface area contributed by atoms with E-state index in [-0.39, 0.29) is 6.61 Å². The molecule has 0 radical (unpaired) electrons. The normalized spacial score (nSPS) is 10.2. The summed E-state index contributed by atoms with van der Waals surface area (Å²) in [6.45, 7) is 3.21. The maximum atomic E-state index is 12.1. The van der Waals surface area contributed by atoms with Crippen molar-refractivity contribution in [3.63, 3.8) is 0 Å². The highest BCUT2D eigenvalue weighted by Gasteiger charge is 2.09. The van der Waals surface area contributed by atoms with Crippen molar-refractivity contribution in [2.45, 2.75) is 6.92 Å². The van der Waals surface area contributed by atoms with Crippen LogP contribution in [-0.2, 0) is 9.53 Å². The van der Waals surface area contributed by atoms with Gasteiger partial charge in [0.05, 0.1) is 11.1 Å². The Morgan fingerprint density at radius 2 is 1.79 bits per heavy atom. The molecule has 0 bridgehead atoms. The highest BCUT2D eigenvalue weighted by atomic mass is 79.9. The summed E-state index contributed by atoms with van der Waals surface area (Å²) < 4.78 is 16.7. The third kappa shape index (κ3) is 7.38. The first-order chi connectivity index (χ1) is 13.5. The van der Waals surface area contributed by atoms with E-state index in [0.717, 1.165) is 0 Å². The summed E-state index contributed by atoms with van der Waals surface area (Å²) in [5.74, 6) is 0.126. The zero-order valence-electron chi connectivity index (χ0n) is 15.2. The van der Waals surface area contributed by atoms with E-state index in [1.807, 2.05) is 6.92 Å². The van der Waals surface area contributed by atoms with E-state index in [1.165, 1.54) is 0 Å². The van der Waals surface area contributed by atoms with Crippen molar-refractivity contribution in [3.8, 4) is 11.5 Å². The fourth-order valence-electron chi connectivity index (χ4n) is 2.04. The molecule has 0 atom stereocenters. The van der Waals surface area contributed by atoms with Gasteiger partial charge in [0.15, 0.2) is 6.61 Å². The Balaban J connectivity index is 1.74. The third-order valence-corrected chi connectivity index (χ3v) is 4.24. The van der Waals surface area contributed by atoms with E-state index in [9.17, 15) is 9.59 Å². The van der Waals surface area contributed by atoms with Gasteiger partial charge in [0.2, 0.25) is 0 Å². The Kier molecular flexibility index (Phi) is 9.06. The van der Waals surface area contributed by atoms with Crippen molar-refractivity contribution in [2.24, 2.45) is 0 Å². The molecule has 0 aliphatic rings. The summed E-state index contributed by atoms with van der Waals surface area (Å²) in [6, 6.07) is 11.5. The first kappa shape index (κ1) is 22.0. The van der Waals surface area contributed by atoms with Gasteiger partial charge in [0, 0.05) is 17.2 Å². The standard InChI is InChI=1S/C19H20BrClN2O5/c1-2-26-9-10-27-15-6-3-13(4-7-15)19(25)23-22-18(24)12-28-17-8-5-14(21)11-16(17)20/h3-8,11H,2,9-10,12H2,1H3,(H,22,24)(H,23,25). The second kappa shape index (κ2) is 11.5. The smallest absolute Gasteiger partial charge is 0.276 e. The number of halogens is 2. The summed E-state index contributed by atoms with van der Waals surface area (Å²) in [6.07, 6.45) is 0. The van der Waals surface area contributed by atoms with Crippen molar-refractivity contribution in [1.29, 1.82) is 0 Å². The Bertz CT molecular complexity index is 801. The minimum absolute atomic E-state index is 0.271. The number of carbonyl (C=O) groups excluding carboxylic acids is 2. The van der Waals surface area contributed by atoms with E-state index in [4.69, 9.17) is 25.8 Å². The van der Waals surface area contributed by atoms with Crippen LogP contribution in [0.1, 0.15) is 17.3 Å². The van der Waals surface area contributed by atoms with E-state index < -0.39 is 11.8 Å². The summed E-state index contributed by atoms with van der Waals surface area (Å²) in [7, 11) is 0. The van der Waals surface area contributed by atoms with Gasteiger partial charge in [0.1, 0.15) is 18.1 Å². The molecular formula is C19H20BrClN2O5. The second-order valence-corrected chi connectivity index (χ2v) is 6.73. The van der Waals surface area contributed by atoms with E-state index in [1.54, 1.807) is 42.5 Å². The fraction of sp³-hybridized carbons (Fsp3) is 0.263. The maximum Gasteiger partial charge on any atom is 0.276 e. The Labute approximate surface area is 176 Å². The van der Waals surface area contributed by atoms with Crippen LogP contribution in [-0.4, -0.2) is 38.2 Å². The molecule has 0 aromatic heterocycles. The van der Waals surface area contributed by atoms with Crippen molar-refractivity contribution in [3.05, 3.63) is 57.5 Å². The number of nitrogens with one attached hydrogen (secondary N) is 2. The van der Waals surface area contributed by atoms with Gasteiger partial charge in [-0.05, 0) is 65.3 Å². The average Bonchev–Trinajstić information content (AvgIpc) is 2.69. The molecule has 2 N–H and O–H groups in total. The maximum absolute atomic E-state index is 12.1. The predicted molar refractivity (Wildman–Crippen MR) is 109 cm³/mol. The Morgan fingerprint density at radius 1 is 1.04 bits per heavy atom. The van der Waals surface area contributed by atoms with Crippen LogP contribution in [0.3, 0.4) is 0 Å². The van der Waals surface area contributed by atoms with Gasteiger partial charge in [-0.1, -0.05) is 11.6 Å². The number of rotatable bonds is 9.